The molecule has 3 aromatic rings. The van der Waals surface area contributed by atoms with Gasteiger partial charge in [0.05, 0.1) is 24.0 Å². The first-order valence-corrected chi connectivity index (χ1v) is 10.4. The third-order valence-electron chi connectivity index (χ3n) is 4.20. The van der Waals surface area contributed by atoms with Crippen LogP contribution in [0.4, 0.5) is 5.69 Å². The van der Waals surface area contributed by atoms with Gasteiger partial charge in [-0.15, -0.1) is 0 Å². The molecule has 1 aromatic heterocycles. The smallest absolute Gasteiger partial charge is 0.262 e. The summed E-state index contributed by atoms with van der Waals surface area (Å²) in [4.78, 5) is 16.4. The number of hydrogen-bond acceptors (Lipinski definition) is 5. The van der Waals surface area contributed by atoms with E-state index in [2.05, 4.69) is 15.0 Å². The Balaban J connectivity index is 1.67. The lowest BCUT2D eigenvalue weighted by Crippen LogP contribution is -2.35. The average Bonchev–Trinajstić information content (AvgIpc) is 3.21. The fourth-order valence-corrected chi connectivity index (χ4v) is 3.85. The number of sulfonamides is 1. The molecule has 29 heavy (non-hydrogen) atoms. The van der Waals surface area contributed by atoms with E-state index in [1.165, 1.54) is 31.4 Å². The Bertz CT molecular complexity index is 1060. The number of imidazole rings is 1. The average molecular weight is 414 g/mol. The molecule has 0 aliphatic heterocycles. The number of nitrogens with zero attached hydrogens (tertiary/aromatic N) is 2. The highest BCUT2D eigenvalue weighted by Gasteiger charge is 2.17. The first kappa shape index (κ1) is 20.4. The summed E-state index contributed by atoms with van der Waals surface area (Å²) >= 11 is 0. The highest BCUT2D eigenvalue weighted by Crippen LogP contribution is 2.26. The van der Waals surface area contributed by atoms with Crippen molar-refractivity contribution in [1.29, 1.82) is 0 Å². The molecule has 0 saturated heterocycles. The third-order valence-corrected chi connectivity index (χ3v) is 5.58. The molecule has 1 amide bonds. The van der Waals surface area contributed by atoms with Gasteiger partial charge in [0.1, 0.15) is 5.75 Å². The van der Waals surface area contributed by atoms with E-state index in [0.717, 1.165) is 0 Å². The van der Waals surface area contributed by atoms with Crippen LogP contribution >= 0.6 is 0 Å². The molecule has 0 unspecified atom stereocenters. The topological polar surface area (TPSA) is 102 Å². The van der Waals surface area contributed by atoms with Gasteiger partial charge in [0.2, 0.25) is 0 Å². The van der Waals surface area contributed by atoms with E-state index >= 15 is 0 Å². The van der Waals surface area contributed by atoms with Gasteiger partial charge in [0.25, 0.3) is 15.9 Å². The number of amides is 1. The molecule has 0 aliphatic rings. The van der Waals surface area contributed by atoms with Gasteiger partial charge in [-0.05, 0) is 43.3 Å². The Kier molecular flexibility index (Phi) is 6.18. The van der Waals surface area contributed by atoms with Crippen molar-refractivity contribution in [3.63, 3.8) is 0 Å². The van der Waals surface area contributed by atoms with Crippen LogP contribution in [0.3, 0.4) is 0 Å². The molecule has 0 bridgehead atoms. The van der Waals surface area contributed by atoms with Crippen molar-refractivity contribution in [2.75, 3.05) is 11.8 Å². The zero-order chi connectivity index (χ0) is 20.9. The van der Waals surface area contributed by atoms with Crippen molar-refractivity contribution in [2.24, 2.45) is 0 Å². The molecule has 3 rings (SSSR count). The molecule has 0 aliphatic carbocycles. The van der Waals surface area contributed by atoms with Crippen molar-refractivity contribution in [3.8, 4) is 5.75 Å². The number of hydrogen-bond donors (Lipinski definition) is 2. The van der Waals surface area contributed by atoms with Gasteiger partial charge in [0.15, 0.2) is 0 Å². The molecule has 0 spiro atoms. The van der Waals surface area contributed by atoms with Crippen LogP contribution in [0.1, 0.15) is 17.3 Å². The molecule has 0 radical (unpaired) electrons. The van der Waals surface area contributed by atoms with Gasteiger partial charge >= 0.3 is 0 Å². The van der Waals surface area contributed by atoms with Crippen LogP contribution in [0.2, 0.25) is 0 Å². The highest BCUT2D eigenvalue weighted by atomic mass is 32.2. The minimum Gasteiger partial charge on any atom is -0.495 e. The van der Waals surface area contributed by atoms with E-state index in [1.54, 1.807) is 36.8 Å². The van der Waals surface area contributed by atoms with E-state index in [-0.39, 0.29) is 16.8 Å². The molecule has 1 heterocycles. The highest BCUT2D eigenvalue weighted by molar-refractivity contribution is 7.92. The van der Waals surface area contributed by atoms with Gasteiger partial charge in [-0.25, -0.2) is 13.4 Å². The Morgan fingerprint density at radius 3 is 2.55 bits per heavy atom. The Morgan fingerprint density at radius 1 is 1.17 bits per heavy atom. The van der Waals surface area contributed by atoms with Crippen molar-refractivity contribution < 1.29 is 17.9 Å². The van der Waals surface area contributed by atoms with Crippen LogP contribution in [0.15, 0.2) is 72.1 Å². The van der Waals surface area contributed by atoms with E-state index in [9.17, 15) is 13.2 Å². The van der Waals surface area contributed by atoms with E-state index in [4.69, 9.17) is 4.74 Å². The SMILES string of the molecule is COc1ccccc1NS(=O)(=O)c1ccc(C(=O)N[C@H](C)Cn2ccnc2)cc1. The molecule has 2 N–H and O–H groups in total. The molecule has 2 aromatic carbocycles. The van der Waals surface area contributed by atoms with Gasteiger partial charge in [-0.2, -0.15) is 0 Å². The molecular weight excluding hydrogens is 392 g/mol. The number of carbonyl (C=O) groups is 1. The summed E-state index contributed by atoms with van der Waals surface area (Å²) in [6.45, 7) is 2.47. The van der Waals surface area contributed by atoms with Crippen molar-refractivity contribution in [3.05, 3.63) is 72.8 Å². The quantitative estimate of drug-likeness (QED) is 0.590. The predicted octanol–water partition coefficient (Wildman–Crippen LogP) is 2.51. The van der Waals surface area contributed by atoms with Crippen LogP contribution in [0.25, 0.3) is 0 Å². The van der Waals surface area contributed by atoms with Gasteiger partial charge < -0.3 is 14.6 Å². The lowest BCUT2D eigenvalue weighted by atomic mass is 10.2. The third kappa shape index (κ3) is 5.14. The maximum Gasteiger partial charge on any atom is 0.262 e. The number of anilines is 1. The predicted molar refractivity (Wildman–Crippen MR) is 109 cm³/mol. The second-order valence-electron chi connectivity index (χ2n) is 6.46. The number of methoxy groups -OCH3 is 1. The monoisotopic (exact) mass is 414 g/mol. The van der Waals surface area contributed by atoms with Gasteiger partial charge in [-0.3, -0.25) is 9.52 Å². The van der Waals surface area contributed by atoms with Crippen LogP contribution in [-0.4, -0.2) is 37.0 Å². The van der Waals surface area contributed by atoms with Crippen LogP contribution in [0, 0.1) is 0 Å². The fourth-order valence-electron chi connectivity index (χ4n) is 2.78. The molecule has 0 fully saturated rings. The molecule has 8 nitrogen and oxygen atoms in total. The number of ether oxygens (including phenoxy) is 1. The number of aromatic nitrogens is 2. The normalized spacial score (nSPS) is 12.2. The first-order valence-electron chi connectivity index (χ1n) is 8.91. The Labute approximate surface area is 169 Å². The largest absolute Gasteiger partial charge is 0.495 e. The standard InChI is InChI=1S/C20H22N4O4S/c1-15(13-24-12-11-21-14-24)22-20(25)16-7-9-17(10-8-16)29(26,27)23-18-5-3-4-6-19(18)28-2/h3-12,14-15,23H,13H2,1-2H3,(H,22,25)/t15-/m1/s1. The van der Waals surface area contributed by atoms with Crippen LogP contribution in [-0.2, 0) is 16.6 Å². The van der Waals surface area contributed by atoms with E-state index in [0.29, 0.717) is 23.5 Å². The van der Waals surface area contributed by atoms with Gasteiger partial charge in [0, 0.05) is 30.5 Å². The summed E-state index contributed by atoms with van der Waals surface area (Å²) in [5, 5.41) is 2.88. The zero-order valence-electron chi connectivity index (χ0n) is 16.1. The summed E-state index contributed by atoms with van der Waals surface area (Å²) in [6, 6.07) is 12.4. The number of carbonyl (C=O) groups excluding carboxylic acids is 1. The van der Waals surface area contributed by atoms with E-state index < -0.39 is 10.0 Å². The summed E-state index contributed by atoms with van der Waals surface area (Å²) in [5.41, 5.74) is 0.712. The second-order valence-corrected chi connectivity index (χ2v) is 8.15. The minimum atomic E-state index is -3.82. The number of para-hydroxylation sites is 2. The van der Waals surface area contributed by atoms with Crippen molar-refractivity contribution in [2.45, 2.75) is 24.4 Å². The first-order chi connectivity index (χ1) is 13.9. The summed E-state index contributed by atoms with van der Waals surface area (Å²) in [6.07, 6.45) is 5.17. The zero-order valence-corrected chi connectivity index (χ0v) is 16.9. The van der Waals surface area contributed by atoms with Crippen LogP contribution in [0.5, 0.6) is 5.75 Å². The Morgan fingerprint density at radius 2 is 1.90 bits per heavy atom. The number of benzene rings is 2. The number of nitrogens with one attached hydrogen (secondary N) is 2. The summed E-state index contributed by atoms with van der Waals surface area (Å²) in [7, 11) is -2.35. The molecule has 0 saturated carbocycles. The maximum absolute atomic E-state index is 12.6. The fraction of sp³-hybridized carbons (Fsp3) is 0.200. The molecule has 1 atom stereocenters. The maximum atomic E-state index is 12.6. The molecule has 9 heteroatoms. The second kappa shape index (κ2) is 8.78. The van der Waals surface area contributed by atoms with Gasteiger partial charge in [-0.1, -0.05) is 12.1 Å². The van der Waals surface area contributed by atoms with Crippen molar-refractivity contribution >= 4 is 21.6 Å². The minimum absolute atomic E-state index is 0.0476. The van der Waals surface area contributed by atoms with Crippen molar-refractivity contribution in [1.82, 2.24) is 14.9 Å². The number of rotatable bonds is 8. The summed E-state index contributed by atoms with van der Waals surface area (Å²) < 4.78 is 34.8. The lowest BCUT2D eigenvalue weighted by Gasteiger charge is -2.15. The Hall–Kier alpha value is -3.33. The summed E-state index contributed by atoms with van der Waals surface area (Å²) in [5.74, 6) is 0.137. The lowest BCUT2D eigenvalue weighted by molar-refractivity contribution is 0.0936. The molecular formula is C20H22N4O4S. The van der Waals surface area contributed by atoms with Crippen LogP contribution < -0.4 is 14.8 Å². The van der Waals surface area contributed by atoms with E-state index in [1.807, 2.05) is 17.7 Å². The molecule has 152 valence electrons.